The second-order valence-corrected chi connectivity index (χ2v) is 2.30. The normalized spacial score (nSPS) is 9.17. The number of esters is 2. The van der Waals surface area contributed by atoms with Gasteiger partial charge in [0.1, 0.15) is 6.61 Å². The molecular formula is C8H14O4. The van der Waals surface area contributed by atoms with E-state index in [1.165, 1.54) is 7.11 Å². The number of carbonyl (C=O) groups is 2. The Morgan fingerprint density at radius 1 is 1.17 bits per heavy atom. The van der Waals surface area contributed by atoms with Gasteiger partial charge >= 0.3 is 11.9 Å². The smallest absolute Gasteiger partial charge is 0.308 e. The number of ether oxygens (including phenoxy) is 2. The van der Waals surface area contributed by atoms with Crippen LogP contribution >= 0.6 is 0 Å². The lowest BCUT2D eigenvalue weighted by Crippen LogP contribution is -2.10. The van der Waals surface area contributed by atoms with E-state index in [9.17, 15) is 9.59 Å². The van der Waals surface area contributed by atoms with E-state index in [0.717, 1.165) is 6.42 Å². The average molecular weight is 174 g/mol. The van der Waals surface area contributed by atoms with Crippen molar-refractivity contribution in [1.29, 1.82) is 0 Å². The van der Waals surface area contributed by atoms with Crippen LogP contribution in [0.25, 0.3) is 0 Å². The Bertz CT molecular complexity index is 153. The molecule has 0 heterocycles. The summed E-state index contributed by atoms with van der Waals surface area (Å²) in [5.74, 6) is -0.624. The molecule has 4 heteroatoms. The standard InChI is InChI=1S/C8H14O4/c1-3-4-8(10)12-6-5-7(9)11-2/h3-6H2,1-2H3. The van der Waals surface area contributed by atoms with Crippen molar-refractivity contribution in [1.82, 2.24) is 0 Å². The van der Waals surface area contributed by atoms with Gasteiger partial charge in [-0.15, -0.1) is 0 Å². The van der Waals surface area contributed by atoms with Gasteiger partial charge in [-0.05, 0) is 6.42 Å². The summed E-state index contributed by atoms with van der Waals surface area (Å²) in [6.07, 6.45) is 1.30. The van der Waals surface area contributed by atoms with E-state index in [-0.39, 0.29) is 25.0 Å². The number of carbonyl (C=O) groups excluding carboxylic acids is 2. The highest BCUT2D eigenvalue weighted by molar-refractivity contribution is 5.71. The zero-order valence-electron chi connectivity index (χ0n) is 7.46. The number of methoxy groups -OCH3 is 1. The molecule has 0 aromatic carbocycles. The maximum atomic E-state index is 10.7. The molecule has 0 saturated heterocycles. The second-order valence-electron chi connectivity index (χ2n) is 2.30. The van der Waals surface area contributed by atoms with E-state index in [4.69, 9.17) is 4.74 Å². The van der Waals surface area contributed by atoms with Crippen LogP contribution in [0.3, 0.4) is 0 Å². The first-order valence-corrected chi connectivity index (χ1v) is 3.93. The second kappa shape index (κ2) is 6.64. The molecule has 0 atom stereocenters. The predicted molar refractivity (Wildman–Crippen MR) is 42.5 cm³/mol. The molecule has 0 rings (SSSR count). The van der Waals surface area contributed by atoms with E-state index in [1.54, 1.807) is 0 Å². The van der Waals surface area contributed by atoms with Crippen molar-refractivity contribution in [3.8, 4) is 0 Å². The fraction of sp³-hybridized carbons (Fsp3) is 0.750. The zero-order valence-corrected chi connectivity index (χ0v) is 7.46. The molecular weight excluding hydrogens is 160 g/mol. The minimum atomic E-state index is -0.362. The highest BCUT2D eigenvalue weighted by Crippen LogP contribution is 1.93. The van der Waals surface area contributed by atoms with Gasteiger partial charge in [-0.3, -0.25) is 9.59 Å². The number of hydrogen-bond donors (Lipinski definition) is 0. The zero-order chi connectivity index (χ0) is 9.40. The summed E-state index contributed by atoms with van der Waals surface area (Å²) in [6.45, 7) is 2.01. The maximum Gasteiger partial charge on any atom is 0.308 e. The minimum Gasteiger partial charge on any atom is -0.469 e. The molecule has 70 valence electrons. The van der Waals surface area contributed by atoms with E-state index in [2.05, 4.69) is 4.74 Å². The van der Waals surface area contributed by atoms with Crippen LogP contribution < -0.4 is 0 Å². The van der Waals surface area contributed by atoms with Gasteiger partial charge in [0.05, 0.1) is 13.5 Å². The third kappa shape index (κ3) is 5.70. The predicted octanol–water partition coefficient (Wildman–Crippen LogP) is 0.893. The molecule has 0 aliphatic carbocycles. The van der Waals surface area contributed by atoms with Gasteiger partial charge in [0.2, 0.25) is 0 Å². The van der Waals surface area contributed by atoms with Crippen molar-refractivity contribution in [3.63, 3.8) is 0 Å². The van der Waals surface area contributed by atoms with Crippen LogP contribution in [0.1, 0.15) is 26.2 Å². The lowest BCUT2D eigenvalue weighted by Gasteiger charge is -2.01. The van der Waals surface area contributed by atoms with E-state index in [0.29, 0.717) is 6.42 Å². The molecule has 0 fully saturated rings. The molecule has 0 aliphatic heterocycles. The van der Waals surface area contributed by atoms with Crippen LogP contribution in [0.4, 0.5) is 0 Å². The lowest BCUT2D eigenvalue weighted by molar-refractivity contribution is -0.147. The summed E-state index contributed by atoms with van der Waals surface area (Å²) in [5, 5.41) is 0. The summed E-state index contributed by atoms with van der Waals surface area (Å²) >= 11 is 0. The van der Waals surface area contributed by atoms with E-state index >= 15 is 0 Å². The molecule has 0 bridgehead atoms. The van der Waals surface area contributed by atoms with E-state index < -0.39 is 0 Å². The first-order valence-electron chi connectivity index (χ1n) is 3.93. The molecule has 0 unspecified atom stereocenters. The van der Waals surface area contributed by atoms with Crippen molar-refractivity contribution >= 4 is 11.9 Å². The van der Waals surface area contributed by atoms with Crippen LogP contribution in [-0.4, -0.2) is 25.7 Å². The Morgan fingerprint density at radius 2 is 1.83 bits per heavy atom. The van der Waals surface area contributed by atoms with Gasteiger partial charge in [-0.1, -0.05) is 6.92 Å². The van der Waals surface area contributed by atoms with Crippen LogP contribution in [0.15, 0.2) is 0 Å². The van der Waals surface area contributed by atoms with Crippen LogP contribution in [-0.2, 0) is 19.1 Å². The highest BCUT2D eigenvalue weighted by Gasteiger charge is 2.03. The van der Waals surface area contributed by atoms with Gasteiger partial charge in [0.25, 0.3) is 0 Å². The van der Waals surface area contributed by atoms with E-state index in [1.807, 2.05) is 6.92 Å². The van der Waals surface area contributed by atoms with Crippen LogP contribution in [0.2, 0.25) is 0 Å². The molecule has 0 aromatic heterocycles. The summed E-state index contributed by atoms with van der Waals surface area (Å²) in [4.78, 5) is 21.3. The Balaban J connectivity index is 3.30. The SMILES string of the molecule is CCCC(=O)OCCC(=O)OC. The van der Waals surface area contributed by atoms with Gasteiger partial charge in [-0.25, -0.2) is 0 Å². The summed E-state index contributed by atoms with van der Waals surface area (Å²) < 4.78 is 9.08. The largest absolute Gasteiger partial charge is 0.469 e. The maximum absolute atomic E-state index is 10.7. The first-order chi connectivity index (χ1) is 5.70. The van der Waals surface area contributed by atoms with Crippen molar-refractivity contribution in [3.05, 3.63) is 0 Å². The highest BCUT2D eigenvalue weighted by atomic mass is 16.5. The molecule has 0 spiro atoms. The molecule has 0 radical (unpaired) electrons. The minimum absolute atomic E-state index is 0.117. The summed E-state index contributed by atoms with van der Waals surface area (Å²) in [5.41, 5.74) is 0. The van der Waals surface area contributed by atoms with Gasteiger partial charge in [0, 0.05) is 6.42 Å². The first kappa shape index (κ1) is 10.9. The Hall–Kier alpha value is -1.06. The molecule has 0 saturated carbocycles. The molecule has 0 aromatic rings. The molecule has 12 heavy (non-hydrogen) atoms. The van der Waals surface area contributed by atoms with Crippen molar-refractivity contribution in [2.45, 2.75) is 26.2 Å². The molecule has 4 nitrogen and oxygen atoms in total. The Labute approximate surface area is 71.8 Å². The van der Waals surface area contributed by atoms with Crippen LogP contribution in [0, 0.1) is 0 Å². The third-order valence-corrected chi connectivity index (χ3v) is 1.25. The van der Waals surface area contributed by atoms with Crippen molar-refractivity contribution in [2.24, 2.45) is 0 Å². The van der Waals surface area contributed by atoms with Gasteiger partial charge in [-0.2, -0.15) is 0 Å². The number of rotatable bonds is 5. The van der Waals surface area contributed by atoms with Gasteiger partial charge < -0.3 is 9.47 Å². The quantitative estimate of drug-likeness (QED) is 0.581. The molecule has 0 aliphatic rings. The van der Waals surface area contributed by atoms with Crippen molar-refractivity contribution < 1.29 is 19.1 Å². The monoisotopic (exact) mass is 174 g/mol. The topological polar surface area (TPSA) is 52.6 Å². The fourth-order valence-corrected chi connectivity index (χ4v) is 0.627. The summed E-state index contributed by atoms with van der Waals surface area (Å²) in [7, 11) is 1.30. The van der Waals surface area contributed by atoms with Crippen LogP contribution in [0.5, 0.6) is 0 Å². The number of hydrogen-bond acceptors (Lipinski definition) is 4. The third-order valence-electron chi connectivity index (χ3n) is 1.25. The summed E-state index contributed by atoms with van der Waals surface area (Å²) in [6, 6.07) is 0. The Morgan fingerprint density at radius 3 is 2.33 bits per heavy atom. The molecule has 0 N–H and O–H groups in total. The lowest BCUT2D eigenvalue weighted by atomic mass is 10.3. The van der Waals surface area contributed by atoms with Crippen molar-refractivity contribution in [2.75, 3.05) is 13.7 Å². The van der Waals surface area contributed by atoms with Gasteiger partial charge in [0.15, 0.2) is 0 Å². The molecule has 0 amide bonds. The average Bonchev–Trinajstić information content (AvgIpc) is 2.04. The fourth-order valence-electron chi connectivity index (χ4n) is 0.627. The Kier molecular flexibility index (Phi) is 6.05.